The quantitative estimate of drug-likeness (QED) is 0.704. The van der Waals surface area contributed by atoms with Crippen molar-refractivity contribution < 1.29 is 9.53 Å². The molecule has 150 valence electrons. The second-order valence-corrected chi connectivity index (χ2v) is 7.94. The van der Waals surface area contributed by atoms with Gasteiger partial charge in [-0.15, -0.1) is 0 Å². The number of ether oxygens (including phenoxy) is 1. The van der Waals surface area contributed by atoms with E-state index >= 15 is 0 Å². The molecule has 2 aromatic rings. The highest BCUT2D eigenvalue weighted by Gasteiger charge is 2.24. The lowest BCUT2D eigenvalue weighted by Crippen LogP contribution is -2.40. The first kappa shape index (κ1) is 20.7. The second kappa shape index (κ2) is 9.94. The van der Waals surface area contributed by atoms with Gasteiger partial charge in [-0.3, -0.25) is 9.69 Å². The second-order valence-electron chi connectivity index (χ2n) is 7.53. The number of hydrogen-bond acceptors (Lipinski definition) is 3. The van der Waals surface area contributed by atoms with Crippen LogP contribution in [0.4, 0.5) is 0 Å². The lowest BCUT2D eigenvalue weighted by Gasteiger charge is -2.35. The van der Waals surface area contributed by atoms with Crippen molar-refractivity contribution in [3.05, 3.63) is 64.7 Å². The molecule has 3 rings (SSSR count). The van der Waals surface area contributed by atoms with Crippen molar-refractivity contribution in [1.29, 1.82) is 0 Å². The zero-order valence-electron chi connectivity index (χ0n) is 16.7. The van der Waals surface area contributed by atoms with Crippen molar-refractivity contribution in [3.63, 3.8) is 0 Å². The lowest BCUT2D eigenvalue weighted by molar-refractivity contribution is 0.0924. The van der Waals surface area contributed by atoms with E-state index in [1.54, 1.807) is 12.1 Å². The molecule has 1 saturated heterocycles. The predicted molar refractivity (Wildman–Crippen MR) is 114 cm³/mol. The van der Waals surface area contributed by atoms with E-state index in [0.717, 1.165) is 29.4 Å². The molecule has 0 bridgehead atoms. The summed E-state index contributed by atoms with van der Waals surface area (Å²) in [6, 6.07) is 15.3. The van der Waals surface area contributed by atoms with Gasteiger partial charge in [-0.05, 0) is 75.7 Å². The van der Waals surface area contributed by atoms with Gasteiger partial charge in [0, 0.05) is 17.1 Å². The minimum Gasteiger partial charge on any atom is -0.491 e. The molecule has 2 aromatic carbocycles. The van der Waals surface area contributed by atoms with Gasteiger partial charge in [0.1, 0.15) is 5.75 Å². The number of carbonyl (C=O) groups excluding carboxylic acids is 1. The van der Waals surface area contributed by atoms with Crippen molar-refractivity contribution in [1.82, 2.24) is 10.2 Å². The molecule has 1 aliphatic heterocycles. The summed E-state index contributed by atoms with van der Waals surface area (Å²) in [6.45, 7) is 6.57. The molecule has 1 aliphatic rings. The third-order valence-corrected chi connectivity index (χ3v) is 5.38. The molecule has 0 radical (unpaired) electrons. The van der Waals surface area contributed by atoms with Gasteiger partial charge < -0.3 is 10.1 Å². The van der Waals surface area contributed by atoms with Crippen LogP contribution in [-0.4, -0.2) is 36.5 Å². The van der Waals surface area contributed by atoms with Crippen LogP contribution >= 0.6 is 11.6 Å². The monoisotopic (exact) mass is 400 g/mol. The summed E-state index contributed by atoms with van der Waals surface area (Å²) < 4.78 is 5.64. The van der Waals surface area contributed by atoms with Gasteiger partial charge >= 0.3 is 0 Å². The fraction of sp³-hybridized carbons (Fsp3) is 0.435. The van der Waals surface area contributed by atoms with Crippen molar-refractivity contribution >= 4 is 17.5 Å². The van der Waals surface area contributed by atoms with Gasteiger partial charge in [0.2, 0.25) is 0 Å². The Morgan fingerprint density at radius 1 is 1.07 bits per heavy atom. The summed E-state index contributed by atoms with van der Waals surface area (Å²) in [5.41, 5.74) is 1.71. The van der Waals surface area contributed by atoms with Crippen LogP contribution in [0.2, 0.25) is 5.02 Å². The fourth-order valence-corrected chi connectivity index (χ4v) is 3.92. The fourth-order valence-electron chi connectivity index (χ4n) is 3.66. The van der Waals surface area contributed by atoms with Crippen molar-refractivity contribution in [2.75, 3.05) is 19.6 Å². The maximum Gasteiger partial charge on any atom is 0.251 e. The van der Waals surface area contributed by atoms with Crippen LogP contribution in [-0.2, 0) is 0 Å². The summed E-state index contributed by atoms with van der Waals surface area (Å²) in [5, 5.41) is 3.85. The smallest absolute Gasteiger partial charge is 0.251 e. The standard InChI is InChI=1S/C23H29ClN2O2/c1-17(2)28-19-12-10-18(11-13-19)23(27)25-16-22(26-14-6-3-7-15-26)20-8-4-5-9-21(20)24/h4-5,8-13,17,22H,3,6-7,14-16H2,1-2H3,(H,25,27)/t22-/m0/s1. The molecule has 0 aliphatic carbocycles. The average molecular weight is 401 g/mol. The number of piperidine rings is 1. The number of nitrogens with zero attached hydrogens (tertiary/aromatic N) is 1. The van der Waals surface area contributed by atoms with Gasteiger partial charge in [0.25, 0.3) is 5.91 Å². The number of halogens is 1. The molecule has 28 heavy (non-hydrogen) atoms. The van der Waals surface area contributed by atoms with Crippen LogP contribution in [0.1, 0.15) is 55.1 Å². The molecule has 1 heterocycles. The molecule has 1 amide bonds. The summed E-state index contributed by atoms with van der Waals surface area (Å²) in [4.78, 5) is 15.1. The third kappa shape index (κ3) is 5.49. The molecule has 5 heteroatoms. The lowest BCUT2D eigenvalue weighted by atomic mass is 10.0. The van der Waals surface area contributed by atoms with E-state index in [-0.39, 0.29) is 18.1 Å². The van der Waals surface area contributed by atoms with Gasteiger partial charge in [0.05, 0.1) is 12.1 Å². The Morgan fingerprint density at radius 3 is 2.39 bits per heavy atom. The first-order valence-corrected chi connectivity index (χ1v) is 10.5. The summed E-state index contributed by atoms with van der Waals surface area (Å²) in [5.74, 6) is 0.693. The van der Waals surface area contributed by atoms with Crippen molar-refractivity contribution in [3.8, 4) is 5.75 Å². The number of nitrogens with one attached hydrogen (secondary N) is 1. The van der Waals surface area contributed by atoms with Crippen LogP contribution in [0.5, 0.6) is 5.75 Å². The van der Waals surface area contributed by atoms with Crippen LogP contribution in [0, 0.1) is 0 Å². The highest BCUT2D eigenvalue weighted by molar-refractivity contribution is 6.31. The zero-order valence-corrected chi connectivity index (χ0v) is 17.4. The number of rotatable bonds is 7. The molecule has 0 unspecified atom stereocenters. The number of benzene rings is 2. The maximum atomic E-state index is 12.7. The number of likely N-dealkylation sites (tertiary alicyclic amines) is 1. The zero-order chi connectivity index (χ0) is 19.9. The number of amides is 1. The van der Waals surface area contributed by atoms with Crippen LogP contribution < -0.4 is 10.1 Å². The van der Waals surface area contributed by atoms with E-state index in [9.17, 15) is 4.79 Å². The largest absolute Gasteiger partial charge is 0.491 e. The Morgan fingerprint density at radius 2 is 1.75 bits per heavy atom. The normalized spacial score (nSPS) is 16.0. The van der Waals surface area contributed by atoms with Crippen molar-refractivity contribution in [2.24, 2.45) is 0 Å². The molecular weight excluding hydrogens is 372 g/mol. The topological polar surface area (TPSA) is 41.6 Å². The van der Waals surface area contributed by atoms with Gasteiger partial charge in [-0.25, -0.2) is 0 Å². The van der Waals surface area contributed by atoms with E-state index < -0.39 is 0 Å². The summed E-state index contributed by atoms with van der Waals surface area (Å²) in [6.07, 6.45) is 3.75. The van der Waals surface area contributed by atoms with E-state index in [1.165, 1.54) is 19.3 Å². The molecule has 1 fully saturated rings. The molecular formula is C23H29ClN2O2. The van der Waals surface area contributed by atoms with Gasteiger partial charge in [0.15, 0.2) is 0 Å². The molecule has 1 N–H and O–H groups in total. The Bertz CT molecular complexity index is 770. The minimum absolute atomic E-state index is 0.0786. The minimum atomic E-state index is -0.0786. The molecule has 0 saturated carbocycles. The average Bonchev–Trinajstić information content (AvgIpc) is 2.70. The first-order valence-electron chi connectivity index (χ1n) is 10.1. The molecule has 1 atom stereocenters. The van der Waals surface area contributed by atoms with E-state index in [0.29, 0.717) is 12.1 Å². The van der Waals surface area contributed by atoms with E-state index in [1.807, 2.05) is 44.2 Å². The summed E-state index contributed by atoms with van der Waals surface area (Å²) in [7, 11) is 0. The predicted octanol–water partition coefficient (Wildman–Crippen LogP) is 5.08. The van der Waals surface area contributed by atoms with Crippen LogP contribution in [0.3, 0.4) is 0 Å². The van der Waals surface area contributed by atoms with Crippen LogP contribution in [0.15, 0.2) is 48.5 Å². The molecule has 0 spiro atoms. The maximum absolute atomic E-state index is 12.7. The SMILES string of the molecule is CC(C)Oc1ccc(C(=O)NC[C@@H](c2ccccc2Cl)N2CCCCC2)cc1. The van der Waals surface area contributed by atoms with Gasteiger partial charge in [-0.1, -0.05) is 36.2 Å². The van der Waals surface area contributed by atoms with Gasteiger partial charge in [-0.2, -0.15) is 0 Å². The highest BCUT2D eigenvalue weighted by Crippen LogP contribution is 2.29. The Kier molecular flexibility index (Phi) is 7.35. The summed E-state index contributed by atoms with van der Waals surface area (Å²) >= 11 is 6.48. The molecule has 4 nitrogen and oxygen atoms in total. The Hall–Kier alpha value is -2.04. The van der Waals surface area contributed by atoms with Crippen molar-refractivity contribution in [2.45, 2.75) is 45.3 Å². The first-order chi connectivity index (χ1) is 13.5. The highest BCUT2D eigenvalue weighted by atomic mass is 35.5. The number of hydrogen-bond donors (Lipinski definition) is 1. The van der Waals surface area contributed by atoms with E-state index in [4.69, 9.17) is 16.3 Å². The Balaban J connectivity index is 1.69. The van der Waals surface area contributed by atoms with E-state index in [2.05, 4.69) is 16.3 Å². The third-order valence-electron chi connectivity index (χ3n) is 5.04. The molecule has 0 aromatic heterocycles. The number of carbonyl (C=O) groups is 1. The Labute approximate surface area is 172 Å². The van der Waals surface area contributed by atoms with Crippen LogP contribution in [0.25, 0.3) is 0 Å².